The van der Waals surface area contributed by atoms with Gasteiger partial charge in [0, 0.05) is 25.9 Å². The van der Waals surface area contributed by atoms with Gasteiger partial charge >= 0.3 is 0 Å². The minimum atomic E-state index is 0.351. The van der Waals surface area contributed by atoms with Crippen LogP contribution in [-0.2, 0) is 11.3 Å². The van der Waals surface area contributed by atoms with E-state index < -0.39 is 0 Å². The molecule has 0 saturated heterocycles. The van der Waals surface area contributed by atoms with Gasteiger partial charge in [-0.3, -0.25) is 4.90 Å². The zero-order chi connectivity index (χ0) is 12.0. The number of pyridine rings is 1. The zero-order valence-corrected chi connectivity index (χ0v) is 9.97. The monoisotopic (exact) mass is 219 g/mol. The fraction of sp³-hybridized carbons (Fsp3) is 0.500. The van der Waals surface area contributed by atoms with E-state index in [1.54, 1.807) is 13.3 Å². The number of aromatic nitrogens is 1. The Morgan fingerprint density at radius 2 is 2.38 bits per heavy atom. The number of nitrogens with zero attached hydrogens (tertiary/aromatic N) is 3. The fourth-order valence-corrected chi connectivity index (χ4v) is 1.45. The van der Waals surface area contributed by atoms with Gasteiger partial charge in [-0.05, 0) is 31.7 Å². The van der Waals surface area contributed by atoms with Crippen LogP contribution in [0.5, 0.6) is 0 Å². The number of nitriles is 1. The standard InChI is InChI=1S/C12H17N3O/c1-10(9-16-3)15(2)8-11-4-5-14-12(6-11)7-13/h4-6,10H,8-9H2,1-3H3. The summed E-state index contributed by atoms with van der Waals surface area (Å²) in [6, 6.07) is 6.13. The normalized spacial score (nSPS) is 12.4. The molecule has 0 saturated carbocycles. The number of hydrogen-bond donors (Lipinski definition) is 0. The second-order valence-corrected chi connectivity index (χ2v) is 3.88. The summed E-state index contributed by atoms with van der Waals surface area (Å²) in [7, 11) is 3.74. The summed E-state index contributed by atoms with van der Waals surface area (Å²) in [6.07, 6.45) is 1.67. The van der Waals surface area contributed by atoms with Crippen molar-refractivity contribution in [2.75, 3.05) is 20.8 Å². The van der Waals surface area contributed by atoms with E-state index in [1.807, 2.05) is 25.2 Å². The summed E-state index contributed by atoms with van der Waals surface area (Å²) in [5.41, 5.74) is 1.56. The third-order valence-corrected chi connectivity index (χ3v) is 2.53. The third kappa shape index (κ3) is 3.61. The van der Waals surface area contributed by atoms with Crippen LogP contribution in [0, 0.1) is 11.3 Å². The molecule has 0 spiro atoms. The SMILES string of the molecule is COCC(C)N(C)Cc1ccnc(C#N)c1. The fourth-order valence-electron chi connectivity index (χ4n) is 1.45. The lowest BCUT2D eigenvalue weighted by Crippen LogP contribution is -2.32. The van der Waals surface area contributed by atoms with E-state index in [4.69, 9.17) is 10.00 Å². The molecule has 0 N–H and O–H groups in total. The zero-order valence-electron chi connectivity index (χ0n) is 9.97. The first-order chi connectivity index (χ1) is 7.67. The van der Waals surface area contributed by atoms with Crippen LogP contribution in [0.3, 0.4) is 0 Å². The molecule has 0 aliphatic rings. The summed E-state index contributed by atoms with van der Waals surface area (Å²) in [5, 5.41) is 8.74. The van der Waals surface area contributed by atoms with Gasteiger partial charge in [0.2, 0.25) is 0 Å². The molecule has 0 aliphatic carbocycles. The molecule has 1 aromatic rings. The topological polar surface area (TPSA) is 49.1 Å². The minimum Gasteiger partial charge on any atom is -0.383 e. The Morgan fingerprint density at radius 3 is 3.00 bits per heavy atom. The van der Waals surface area contributed by atoms with Crippen molar-refractivity contribution in [3.05, 3.63) is 29.6 Å². The molecule has 1 atom stereocenters. The summed E-state index contributed by atoms with van der Waals surface area (Å²) >= 11 is 0. The Labute approximate surface area is 96.5 Å². The Kier molecular flexibility index (Phi) is 4.90. The predicted molar refractivity (Wildman–Crippen MR) is 61.8 cm³/mol. The molecule has 0 amide bonds. The highest BCUT2D eigenvalue weighted by atomic mass is 16.5. The van der Waals surface area contributed by atoms with E-state index in [9.17, 15) is 0 Å². The van der Waals surface area contributed by atoms with Crippen molar-refractivity contribution < 1.29 is 4.74 Å². The van der Waals surface area contributed by atoms with Gasteiger partial charge in [0.1, 0.15) is 11.8 Å². The summed E-state index contributed by atoms with van der Waals surface area (Å²) < 4.78 is 5.10. The van der Waals surface area contributed by atoms with Gasteiger partial charge < -0.3 is 4.74 Å². The molecule has 4 heteroatoms. The van der Waals surface area contributed by atoms with Crippen LogP contribution in [0.4, 0.5) is 0 Å². The highest BCUT2D eigenvalue weighted by Gasteiger charge is 2.09. The van der Waals surface area contributed by atoms with E-state index in [-0.39, 0.29) is 0 Å². The maximum Gasteiger partial charge on any atom is 0.140 e. The van der Waals surface area contributed by atoms with Crippen LogP contribution in [0.15, 0.2) is 18.3 Å². The van der Waals surface area contributed by atoms with E-state index in [1.165, 1.54) is 0 Å². The Morgan fingerprint density at radius 1 is 1.62 bits per heavy atom. The van der Waals surface area contributed by atoms with Crippen LogP contribution in [0.2, 0.25) is 0 Å². The minimum absolute atomic E-state index is 0.351. The van der Waals surface area contributed by atoms with Crippen molar-refractivity contribution in [3.63, 3.8) is 0 Å². The van der Waals surface area contributed by atoms with Gasteiger partial charge in [0.05, 0.1) is 6.61 Å². The molecule has 16 heavy (non-hydrogen) atoms. The van der Waals surface area contributed by atoms with Crippen molar-refractivity contribution in [2.24, 2.45) is 0 Å². The van der Waals surface area contributed by atoms with Gasteiger partial charge in [-0.2, -0.15) is 5.26 Å². The Balaban J connectivity index is 2.62. The number of hydrogen-bond acceptors (Lipinski definition) is 4. The molecule has 86 valence electrons. The van der Waals surface area contributed by atoms with Crippen LogP contribution < -0.4 is 0 Å². The van der Waals surface area contributed by atoms with Gasteiger partial charge in [-0.25, -0.2) is 4.98 Å². The van der Waals surface area contributed by atoms with E-state index in [0.29, 0.717) is 18.3 Å². The van der Waals surface area contributed by atoms with Crippen molar-refractivity contribution in [1.29, 1.82) is 5.26 Å². The van der Waals surface area contributed by atoms with Crippen molar-refractivity contribution >= 4 is 0 Å². The smallest absolute Gasteiger partial charge is 0.140 e. The molecule has 1 heterocycles. The number of ether oxygens (including phenoxy) is 1. The molecule has 0 fully saturated rings. The van der Waals surface area contributed by atoms with Gasteiger partial charge in [0.15, 0.2) is 0 Å². The van der Waals surface area contributed by atoms with E-state index in [0.717, 1.165) is 12.1 Å². The highest BCUT2D eigenvalue weighted by Crippen LogP contribution is 2.07. The molecule has 0 aromatic carbocycles. The third-order valence-electron chi connectivity index (χ3n) is 2.53. The van der Waals surface area contributed by atoms with Crippen molar-refractivity contribution in [3.8, 4) is 6.07 Å². The first-order valence-electron chi connectivity index (χ1n) is 5.21. The molecule has 4 nitrogen and oxygen atoms in total. The van der Waals surface area contributed by atoms with Gasteiger partial charge in [-0.15, -0.1) is 0 Å². The van der Waals surface area contributed by atoms with E-state index >= 15 is 0 Å². The molecule has 1 rings (SSSR count). The lowest BCUT2D eigenvalue weighted by Gasteiger charge is -2.23. The van der Waals surface area contributed by atoms with E-state index in [2.05, 4.69) is 16.8 Å². The maximum absolute atomic E-state index is 8.74. The lowest BCUT2D eigenvalue weighted by molar-refractivity contribution is 0.112. The Hall–Kier alpha value is -1.44. The van der Waals surface area contributed by atoms with Crippen LogP contribution in [0.25, 0.3) is 0 Å². The Bertz CT molecular complexity index is 373. The molecule has 0 aliphatic heterocycles. The predicted octanol–water partition coefficient (Wildman–Crippen LogP) is 1.42. The molecule has 1 aromatic heterocycles. The second kappa shape index (κ2) is 6.21. The molecular weight excluding hydrogens is 202 g/mol. The summed E-state index contributed by atoms with van der Waals surface area (Å²) in [6.45, 7) is 3.60. The average molecular weight is 219 g/mol. The second-order valence-electron chi connectivity index (χ2n) is 3.88. The maximum atomic E-state index is 8.74. The molecule has 1 unspecified atom stereocenters. The van der Waals surface area contributed by atoms with Crippen molar-refractivity contribution in [1.82, 2.24) is 9.88 Å². The summed E-state index contributed by atoms with van der Waals surface area (Å²) in [5.74, 6) is 0. The number of rotatable bonds is 5. The van der Waals surface area contributed by atoms with Crippen molar-refractivity contribution in [2.45, 2.75) is 19.5 Å². The quantitative estimate of drug-likeness (QED) is 0.751. The first-order valence-corrected chi connectivity index (χ1v) is 5.21. The number of methoxy groups -OCH3 is 1. The molecule has 0 bridgehead atoms. The largest absolute Gasteiger partial charge is 0.383 e. The highest BCUT2D eigenvalue weighted by molar-refractivity contribution is 5.25. The lowest BCUT2D eigenvalue weighted by atomic mass is 10.2. The molecule has 0 radical (unpaired) electrons. The number of likely N-dealkylation sites (N-methyl/N-ethyl adjacent to an activating group) is 1. The summed E-state index contributed by atoms with van der Waals surface area (Å²) in [4.78, 5) is 6.12. The van der Waals surface area contributed by atoms with Crippen LogP contribution in [0.1, 0.15) is 18.2 Å². The van der Waals surface area contributed by atoms with Crippen LogP contribution >= 0.6 is 0 Å². The first kappa shape index (κ1) is 12.6. The average Bonchev–Trinajstić information content (AvgIpc) is 2.29. The molecular formula is C12H17N3O. The van der Waals surface area contributed by atoms with Gasteiger partial charge in [-0.1, -0.05) is 0 Å². The van der Waals surface area contributed by atoms with Gasteiger partial charge in [0.25, 0.3) is 0 Å². The van der Waals surface area contributed by atoms with Crippen LogP contribution in [-0.4, -0.2) is 36.7 Å².